The zero-order valence-corrected chi connectivity index (χ0v) is 7.58. The van der Waals surface area contributed by atoms with Gasteiger partial charge in [0.1, 0.15) is 11.9 Å². The van der Waals surface area contributed by atoms with Crippen molar-refractivity contribution in [1.29, 1.82) is 0 Å². The lowest BCUT2D eigenvalue weighted by molar-refractivity contribution is 0.130. The highest BCUT2D eigenvalue weighted by atomic mass is 35.5. The van der Waals surface area contributed by atoms with Gasteiger partial charge in [-0.1, -0.05) is 0 Å². The molecule has 1 aromatic heterocycles. The van der Waals surface area contributed by atoms with Crippen molar-refractivity contribution in [2.24, 2.45) is 0 Å². The Hall–Kier alpha value is -1.16. The van der Waals surface area contributed by atoms with Crippen LogP contribution in [0, 0.1) is 5.82 Å². The van der Waals surface area contributed by atoms with Crippen molar-refractivity contribution in [3.63, 3.8) is 0 Å². The molecule has 1 unspecified atom stereocenters. The molecule has 1 rings (SSSR count). The van der Waals surface area contributed by atoms with Crippen molar-refractivity contribution in [3.05, 3.63) is 29.8 Å². The van der Waals surface area contributed by atoms with Crippen LogP contribution in [0.15, 0.2) is 18.3 Å². The van der Waals surface area contributed by atoms with Crippen LogP contribution in [0.25, 0.3) is 0 Å². The number of rotatable bonds is 2. The first kappa shape index (κ1) is 9.92. The van der Waals surface area contributed by atoms with Gasteiger partial charge in [0.15, 0.2) is 0 Å². The van der Waals surface area contributed by atoms with Crippen molar-refractivity contribution < 1.29 is 13.9 Å². The van der Waals surface area contributed by atoms with Gasteiger partial charge in [0.25, 0.3) is 0 Å². The predicted octanol–water partition coefficient (Wildman–Crippen LogP) is 2.66. The van der Waals surface area contributed by atoms with Crippen LogP contribution in [0.2, 0.25) is 0 Å². The standard InChI is InChI=1S/C8H7ClFNO2/c1-5(13-8(9)12)7-3-2-6(10)4-11-7/h2-5H,1H3. The molecule has 0 amide bonds. The van der Waals surface area contributed by atoms with E-state index in [0.717, 1.165) is 6.20 Å². The van der Waals surface area contributed by atoms with Gasteiger partial charge in [-0.05, 0) is 19.1 Å². The minimum Gasteiger partial charge on any atom is -0.444 e. The summed E-state index contributed by atoms with van der Waals surface area (Å²) in [4.78, 5) is 14.1. The van der Waals surface area contributed by atoms with E-state index in [0.29, 0.717) is 5.69 Å². The van der Waals surface area contributed by atoms with Gasteiger partial charge in [-0.3, -0.25) is 4.98 Å². The number of ether oxygens (including phenoxy) is 1. The Morgan fingerprint density at radius 3 is 2.85 bits per heavy atom. The van der Waals surface area contributed by atoms with Crippen LogP contribution in [0.4, 0.5) is 9.18 Å². The Kier molecular flexibility index (Phi) is 3.19. The normalized spacial score (nSPS) is 12.2. The summed E-state index contributed by atoms with van der Waals surface area (Å²) in [5, 5.41) is 0. The molecule has 0 N–H and O–H groups in total. The maximum Gasteiger partial charge on any atom is 0.404 e. The summed E-state index contributed by atoms with van der Waals surface area (Å²) in [5.41, 5.74) is -0.450. The van der Waals surface area contributed by atoms with E-state index < -0.39 is 17.3 Å². The highest BCUT2D eigenvalue weighted by molar-refractivity contribution is 6.61. The predicted molar refractivity (Wildman–Crippen MR) is 44.9 cm³/mol. The second kappa shape index (κ2) is 4.18. The number of hydrogen-bond acceptors (Lipinski definition) is 3. The molecule has 0 spiro atoms. The highest BCUT2D eigenvalue weighted by Gasteiger charge is 2.10. The lowest BCUT2D eigenvalue weighted by Crippen LogP contribution is -2.03. The molecule has 1 aromatic rings. The molecular weight excluding hydrogens is 197 g/mol. The number of carbonyl (C=O) groups is 1. The summed E-state index contributed by atoms with van der Waals surface area (Å²) in [6.45, 7) is 1.60. The van der Waals surface area contributed by atoms with Crippen LogP contribution in [0.1, 0.15) is 18.7 Å². The SMILES string of the molecule is CC(OC(=O)Cl)c1ccc(F)cn1. The smallest absolute Gasteiger partial charge is 0.404 e. The fraction of sp³-hybridized carbons (Fsp3) is 0.250. The van der Waals surface area contributed by atoms with E-state index in [4.69, 9.17) is 11.6 Å². The number of halogens is 2. The van der Waals surface area contributed by atoms with Crippen LogP contribution in [-0.4, -0.2) is 10.4 Å². The second-order valence-corrected chi connectivity index (χ2v) is 2.71. The van der Waals surface area contributed by atoms with E-state index in [1.54, 1.807) is 6.92 Å². The van der Waals surface area contributed by atoms with Gasteiger partial charge in [0.05, 0.1) is 11.9 Å². The summed E-state index contributed by atoms with van der Waals surface area (Å²) in [6.07, 6.45) is 0.485. The molecule has 0 aliphatic carbocycles. The maximum absolute atomic E-state index is 12.4. The molecule has 1 atom stereocenters. The van der Waals surface area contributed by atoms with E-state index in [9.17, 15) is 9.18 Å². The summed E-state index contributed by atoms with van der Waals surface area (Å²) >= 11 is 4.99. The number of carbonyl (C=O) groups excluding carboxylic acids is 1. The lowest BCUT2D eigenvalue weighted by atomic mass is 10.2. The van der Waals surface area contributed by atoms with Gasteiger partial charge < -0.3 is 4.74 Å². The minimum absolute atomic E-state index is 0.437. The Morgan fingerprint density at radius 2 is 2.38 bits per heavy atom. The summed E-state index contributed by atoms with van der Waals surface area (Å²) in [6, 6.07) is 2.67. The molecule has 70 valence electrons. The molecule has 1 heterocycles. The zero-order valence-electron chi connectivity index (χ0n) is 6.83. The van der Waals surface area contributed by atoms with E-state index in [1.165, 1.54) is 12.1 Å². The van der Waals surface area contributed by atoms with Crippen molar-refractivity contribution >= 4 is 17.0 Å². The number of pyridine rings is 1. The molecule has 0 aromatic carbocycles. The molecule has 0 fully saturated rings. The van der Waals surface area contributed by atoms with Crippen LogP contribution in [-0.2, 0) is 4.74 Å². The van der Waals surface area contributed by atoms with Crippen LogP contribution in [0.3, 0.4) is 0 Å². The van der Waals surface area contributed by atoms with Gasteiger partial charge in [0.2, 0.25) is 0 Å². The van der Waals surface area contributed by atoms with Gasteiger partial charge in [-0.25, -0.2) is 9.18 Å². The van der Waals surface area contributed by atoms with E-state index in [1.807, 2.05) is 0 Å². The fourth-order valence-corrected chi connectivity index (χ4v) is 0.961. The van der Waals surface area contributed by atoms with E-state index in [2.05, 4.69) is 9.72 Å². The van der Waals surface area contributed by atoms with Crippen LogP contribution < -0.4 is 0 Å². The van der Waals surface area contributed by atoms with Crippen LogP contribution >= 0.6 is 11.6 Å². The Bertz CT molecular complexity index is 302. The Balaban J connectivity index is 2.71. The molecule has 0 saturated heterocycles. The minimum atomic E-state index is -0.904. The molecule has 13 heavy (non-hydrogen) atoms. The average molecular weight is 204 g/mol. The van der Waals surface area contributed by atoms with Crippen LogP contribution in [0.5, 0.6) is 0 Å². The number of hydrogen-bond donors (Lipinski definition) is 0. The maximum atomic E-state index is 12.4. The Labute approximate surface area is 79.5 Å². The zero-order chi connectivity index (χ0) is 9.84. The summed E-state index contributed by atoms with van der Waals surface area (Å²) in [7, 11) is 0. The van der Waals surface area contributed by atoms with Gasteiger partial charge in [-0.15, -0.1) is 0 Å². The molecule has 5 heteroatoms. The Morgan fingerprint density at radius 1 is 1.69 bits per heavy atom. The summed E-state index contributed by atoms with van der Waals surface area (Å²) < 4.78 is 17.0. The monoisotopic (exact) mass is 203 g/mol. The van der Waals surface area contributed by atoms with Gasteiger partial charge in [0, 0.05) is 11.6 Å². The average Bonchev–Trinajstić information content (AvgIpc) is 2.04. The third-order valence-electron chi connectivity index (χ3n) is 1.44. The topological polar surface area (TPSA) is 39.2 Å². The van der Waals surface area contributed by atoms with Crippen molar-refractivity contribution in [1.82, 2.24) is 4.98 Å². The lowest BCUT2D eigenvalue weighted by Gasteiger charge is -2.09. The fourth-order valence-electron chi connectivity index (χ4n) is 0.827. The van der Waals surface area contributed by atoms with E-state index in [-0.39, 0.29) is 0 Å². The third kappa shape index (κ3) is 2.99. The molecule has 0 bridgehead atoms. The molecule has 0 radical (unpaired) electrons. The molecule has 0 saturated carbocycles. The molecular formula is C8H7ClFNO2. The molecule has 3 nitrogen and oxygen atoms in total. The second-order valence-electron chi connectivity index (χ2n) is 2.40. The quantitative estimate of drug-likeness (QED) is 0.694. The van der Waals surface area contributed by atoms with Gasteiger partial charge in [-0.2, -0.15) is 0 Å². The first-order chi connectivity index (χ1) is 6.09. The van der Waals surface area contributed by atoms with Crippen molar-refractivity contribution in [3.8, 4) is 0 Å². The highest BCUT2D eigenvalue weighted by Crippen LogP contribution is 2.15. The molecule has 0 aliphatic heterocycles. The van der Waals surface area contributed by atoms with Crippen molar-refractivity contribution in [2.45, 2.75) is 13.0 Å². The first-order valence-corrected chi connectivity index (χ1v) is 3.95. The number of aromatic nitrogens is 1. The van der Waals surface area contributed by atoms with E-state index >= 15 is 0 Å². The largest absolute Gasteiger partial charge is 0.444 e. The first-order valence-electron chi connectivity index (χ1n) is 3.57. The van der Waals surface area contributed by atoms with Gasteiger partial charge >= 0.3 is 5.43 Å². The van der Waals surface area contributed by atoms with Crippen molar-refractivity contribution in [2.75, 3.05) is 0 Å². The molecule has 0 aliphatic rings. The summed E-state index contributed by atoms with van der Waals surface area (Å²) in [5.74, 6) is -0.437. The number of nitrogens with zero attached hydrogens (tertiary/aromatic N) is 1. The third-order valence-corrected chi connectivity index (χ3v) is 1.53.